The van der Waals surface area contributed by atoms with Crippen LogP contribution in [-0.4, -0.2) is 107 Å². The maximum atomic E-state index is 13.9. The fourth-order valence-electron chi connectivity index (χ4n) is 6.15. The van der Waals surface area contributed by atoms with Crippen LogP contribution in [0.2, 0.25) is 0 Å². The average Bonchev–Trinajstić information content (AvgIpc) is 3.77. The van der Waals surface area contributed by atoms with Crippen LogP contribution in [0.5, 0.6) is 11.5 Å². The number of ether oxygens (including phenoxy) is 4. The topological polar surface area (TPSA) is 166 Å². The zero-order chi connectivity index (χ0) is 38.2. The first-order valence-electron chi connectivity index (χ1n) is 17.3. The summed E-state index contributed by atoms with van der Waals surface area (Å²) in [6, 6.07) is 11.3. The van der Waals surface area contributed by atoms with Crippen molar-refractivity contribution in [1.82, 2.24) is 9.80 Å². The van der Waals surface area contributed by atoms with Gasteiger partial charge in [0.2, 0.25) is 6.79 Å². The summed E-state index contributed by atoms with van der Waals surface area (Å²) in [5.41, 5.74) is 2.97. The first kappa shape index (κ1) is 40.5. The van der Waals surface area contributed by atoms with Gasteiger partial charge in [-0.25, -0.2) is 26.4 Å². The van der Waals surface area contributed by atoms with Gasteiger partial charge in [-0.15, -0.1) is 0 Å². The molecule has 2 aromatic rings. The lowest BCUT2D eigenvalue weighted by Gasteiger charge is -2.33. The molecule has 0 spiro atoms. The summed E-state index contributed by atoms with van der Waals surface area (Å²) in [5, 5.41) is 9.81. The number of benzene rings is 2. The van der Waals surface area contributed by atoms with Crippen LogP contribution in [-0.2, 0) is 51.8 Å². The first-order valence-corrected chi connectivity index (χ1v) is 22.2. The standard InChI is InChI=1S/C37H45BrN2O11S2/c1-52(44,45)16-14-48-36(42)30-18-27(6-5-13-41)19-33(28-9-7-26(8-10-28)22-39-11-3-4-12-39)40(24-31(30)37(43)49-15-17-53(2,46)47)23-29-20-34-35(21-32(29)38)51-25-50-34/h7-10,18-21,24,33,41H,3-6,11-17,22-23,25H2,1-2H3. The minimum absolute atomic E-state index is 0.0667. The Bertz CT molecular complexity index is 1970. The van der Waals surface area contributed by atoms with Crippen LogP contribution in [0.3, 0.4) is 0 Å². The van der Waals surface area contributed by atoms with Crippen molar-refractivity contribution in [2.45, 2.75) is 44.8 Å². The summed E-state index contributed by atoms with van der Waals surface area (Å²) in [6.45, 7) is 2.12. The summed E-state index contributed by atoms with van der Waals surface area (Å²) in [4.78, 5) is 31.9. The molecule has 288 valence electrons. The molecular formula is C37H45BrN2O11S2. The molecule has 0 amide bonds. The number of halogens is 1. The highest BCUT2D eigenvalue weighted by molar-refractivity contribution is 9.10. The predicted octanol–water partition coefficient (Wildman–Crippen LogP) is 4.02. The van der Waals surface area contributed by atoms with Gasteiger partial charge in [-0.05, 0) is 79.2 Å². The fraction of sp³-hybridized carbons (Fsp3) is 0.459. The van der Waals surface area contributed by atoms with E-state index >= 15 is 0 Å². The summed E-state index contributed by atoms with van der Waals surface area (Å²) >= 11 is 3.65. The number of rotatable bonds is 16. The third-order valence-electron chi connectivity index (χ3n) is 8.90. The Hall–Kier alpha value is -3.70. The molecule has 0 aliphatic carbocycles. The third-order valence-corrected chi connectivity index (χ3v) is 11.5. The lowest BCUT2D eigenvalue weighted by Crippen LogP contribution is -2.28. The molecular weight excluding hydrogens is 792 g/mol. The molecule has 1 unspecified atom stereocenters. The van der Waals surface area contributed by atoms with E-state index in [-0.39, 0.29) is 31.1 Å². The van der Waals surface area contributed by atoms with Crippen LogP contribution in [0.15, 0.2) is 75.9 Å². The molecule has 1 N–H and O–H groups in total. The molecule has 3 heterocycles. The van der Waals surface area contributed by atoms with Crippen molar-refractivity contribution in [1.29, 1.82) is 0 Å². The van der Waals surface area contributed by atoms with Crippen LogP contribution in [0.25, 0.3) is 0 Å². The quantitative estimate of drug-likeness (QED) is 0.241. The van der Waals surface area contributed by atoms with Crippen molar-refractivity contribution in [2.24, 2.45) is 0 Å². The number of aliphatic hydroxyl groups excluding tert-OH is 1. The molecule has 1 fully saturated rings. The van der Waals surface area contributed by atoms with E-state index in [2.05, 4.69) is 33.0 Å². The average molecular weight is 838 g/mol. The van der Waals surface area contributed by atoms with Crippen molar-refractivity contribution in [3.63, 3.8) is 0 Å². The zero-order valence-corrected chi connectivity index (χ0v) is 33.0. The van der Waals surface area contributed by atoms with E-state index in [1.807, 2.05) is 29.2 Å². The van der Waals surface area contributed by atoms with E-state index in [9.17, 15) is 31.5 Å². The molecule has 3 aliphatic heterocycles. The predicted molar refractivity (Wildman–Crippen MR) is 201 cm³/mol. The number of hydrogen-bond donors (Lipinski definition) is 1. The van der Waals surface area contributed by atoms with Gasteiger partial charge >= 0.3 is 11.9 Å². The minimum atomic E-state index is -3.49. The van der Waals surface area contributed by atoms with Gasteiger partial charge in [0.1, 0.15) is 13.2 Å². The van der Waals surface area contributed by atoms with E-state index in [0.29, 0.717) is 34.4 Å². The Morgan fingerprint density at radius 1 is 0.887 bits per heavy atom. The second kappa shape index (κ2) is 18.1. The monoisotopic (exact) mass is 836 g/mol. The second-order valence-electron chi connectivity index (χ2n) is 13.3. The molecule has 1 atom stereocenters. The fourth-order valence-corrected chi connectivity index (χ4v) is 7.37. The van der Waals surface area contributed by atoms with Crippen LogP contribution in [0, 0.1) is 0 Å². The molecule has 3 aliphatic rings. The largest absolute Gasteiger partial charge is 0.461 e. The summed E-state index contributed by atoms with van der Waals surface area (Å²) in [6.07, 6.45) is 9.99. The molecule has 16 heteroatoms. The molecule has 0 aromatic heterocycles. The van der Waals surface area contributed by atoms with Gasteiger partial charge in [-0.3, -0.25) is 4.90 Å². The van der Waals surface area contributed by atoms with E-state index in [4.69, 9.17) is 18.9 Å². The Kier molecular flexibility index (Phi) is 13.8. The number of carbonyl (C=O) groups is 2. The van der Waals surface area contributed by atoms with E-state index in [0.717, 1.165) is 48.8 Å². The highest BCUT2D eigenvalue weighted by atomic mass is 79.9. The Balaban J connectivity index is 1.63. The van der Waals surface area contributed by atoms with Crippen molar-refractivity contribution in [3.05, 3.63) is 92.6 Å². The van der Waals surface area contributed by atoms with Crippen LogP contribution < -0.4 is 9.47 Å². The first-order chi connectivity index (χ1) is 25.2. The van der Waals surface area contributed by atoms with Gasteiger partial charge in [0, 0.05) is 42.9 Å². The molecule has 0 radical (unpaired) electrons. The second-order valence-corrected chi connectivity index (χ2v) is 18.7. The molecule has 13 nitrogen and oxygen atoms in total. The Morgan fingerprint density at radius 2 is 1.49 bits per heavy atom. The van der Waals surface area contributed by atoms with Crippen molar-refractivity contribution >= 4 is 47.5 Å². The molecule has 0 bridgehead atoms. The number of fused-ring (bicyclic) bond motifs is 1. The van der Waals surface area contributed by atoms with Gasteiger partial charge in [0.05, 0.1) is 28.7 Å². The normalized spacial score (nSPS) is 17.8. The molecule has 53 heavy (non-hydrogen) atoms. The number of carbonyl (C=O) groups excluding carboxylic acids is 2. The molecule has 5 rings (SSSR count). The van der Waals surface area contributed by atoms with Crippen LogP contribution in [0.4, 0.5) is 0 Å². The van der Waals surface area contributed by atoms with Gasteiger partial charge in [0.25, 0.3) is 0 Å². The maximum absolute atomic E-state index is 13.9. The summed E-state index contributed by atoms with van der Waals surface area (Å²) in [7, 11) is -6.96. The Morgan fingerprint density at radius 3 is 2.09 bits per heavy atom. The van der Waals surface area contributed by atoms with Crippen molar-refractivity contribution < 1.29 is 50.5 Å². The van der Waals surface area contributed by atoms with Crippen molar-refractivity contribution in [3.8, 4) is 11.5 Å². The van der Waals surface area contributed by atoms with Gasteiger partial charge in [-0.2, -0.15) is 0 Å². The van der Waals surface area contributed by atoms with Gasteiger partial charge < -0.3 is 29.0 Å². The number of allylic oxidation sites excluding steroid dienone is 2. The lowest BCUT2D eigenvalue weighted by molar-refractivity contribution is -0.142. The maximum Gasteiger partial charge on any atom is 0.340 e. The van der Waals surface area contributed by atoms with Gasteiger partial charge in [0.15, 0.2) is 31.2 Å². The number of esters is 2. The summed E-state index contributed by atoms with van der Waals surface area (Å²) < 4.78 is 70.2. The zero-order valence-electron chi connectivity index (χ0n) is 29.8. The molecule has 1 saturated heterocycles. The number of aliphatic hydroxyl groups is 1. The SMILES string of the molecule is CS(=O)(=O)CCOC(=O)C1=CC(CCCO)=CC(c2ccc(CN3CCCC3)cc2)N(Cc2cc3c(cc2Br)OCO3)C=C1C(=O)OCCS(C)(=O)=O. The van der Waals surface area contributed by atoms with E-state index < -0.39 is 62.4 Å². The highest BCUT2D eigenvalue weighted by Crippen LogP contribution is 2.39. The Labute approximate surface area is 319 Å². The number of likely N-dealkylation sites (tertiary alicyclic amines) is 1. The number of sulfone groups is 2. The lowest BCUT2D eigenvalue weighted by atomic mass is 9.93. The van der Waals surface area contributed by atoms with Crippen LogP contribution in [0.1, 0.15) is 48.4 Å². The van der Waals surface area contributed by atoms with Crippen molar-refractivity contribution in [2.75, 3.05) is 63.7 Å². The molecule has 2 aromatic carbocycles. The highest BCUT2D eigenvalue weighted by Gasteiger charge is 2.30. The summed E-state index contributed by atoms with van der Waals surface area (Å²) in [5.74, 6) is -1.71. The van der Waals surface area contributed by atoms with E-state index in [1.165, 1.54) is 25.1 Å². The third kappa shape index (κ3) is 11.9. The molecule has 0 saturated carbocycles. The number of nitrogens with zero attached hydrogens (tertiary/aromatic N) is 2. The number of hydrogen-bond acceptors (Lipinski definition) is 13. The smallest absolute Gasteiger partial charge is 0.340 e. The minimum Gasteiger partial charge on any atom is -0.461 e. The van der Waals surface area contributed by atoms with Gasteiger partial charge in [-0.1, -0.05) is 46.3 Å². The van der Waals surface area contributed by atoms with Crippen LogP contribution >= 0.6 is 15.9 Å². The van der Waals surface area contributed by atoms with E-state index in [1.54, 1.807) is 6.07 Å².